The van der Waals surface area contributed by atoms with Gasteiger partial charge in [0.05, 0.1) is 14.2 Å². The number of para-hydroxylation sites is 2. The number of hydrogen-bond donors (Lipinski definition) is 1. The Morgan fingerprint density at radius 3 is 2.28 bits per heavy atom. The van der Waals surface area contributed by atoms with E-state index in [0.717, 1.165) is 25.7 Å². The van der Waals surface area contributed by atoms with Crippen LogP contribution in [-0.2, 0) is 9.59 Å². The molecule has 0 bridgehead atoms. The van der Waals surface area contributed by atoms with Gasteiger partial charge in [-0.1, -0.05) is 61.7 Å². The molecule has 0 unspecified atom stereocenters. The number of ether oxygens (including phenoxy) is 4. The molecule has 39 heavy (non-hydrogen) atoms. The van der Waals surface area contributed by atoms with Crippen molar-refractivity contribution in [2.24, 2.45) is 0 Å². The van der Waals surface area contributed by atoms with E-state index < -0.39 is 18.1 Å². The molecule has 2 atom stereocenters. The van der Waals surface area contributed by atoms with Crippen molar-refractivity contribution in [3.8, 4) is 23.0 Å². The molecule has 1 saturated carbocycles. The maximum absolute atomic E-state index is 14.3. The van der Waals surface area contributed by atoms with Crippen molar-refractivity contribution >= 4 is 17.5 Å². The average Bonchev–Trinajstić information content (AvgIpc) is 2.99. The molecule has 2 amide bonds. The molecule has 3 aromatic rings. The van der Waals surface area contributed by atoms with Crippen LogP contribution in [0.1, 0.15) is 43.7 Å². The van der Waals surface area contributed by atoms with E-state index >= 15 is 0 Å². The third-order valence-electron chi connectivity index (χ3n) is 7.24. The third kappa shape index (κ3) is 5.79. The second-order valence-electron chi connectivity index (χ2n) is 9.77. The number of anilines is 1. The Labute approximate surface area is 228 Å². The van der Waals surface area contributed by atoms with E-state index in [0.29, 0.717) is 34.2 Å². The SMILES string of the molecule is COc1ccc(N(C(=O)[C@@H]2COc3ccccc3O2)[C@@H](C(=O)NC2CCCCC2)c2ccccc2)cc1OC. The molecular weight excluding hydrogens is 496 g/mol. The monoisotopic (exact) mass is 530 g/mol. The van der Waals surface area contributed by atoms with Crippen molar-refractivity contribution in [1.29, 1.82) is 0 Å². The number of benzene rings is 3. The maximum atomic E-state index is 14.3. The molecule has 0 saturated heterocycles. The number of methoxy groups -OCH3 is 2. The summed E-state index contributed by atoms with van der Waals surface area (Å²) in [5.41, 5.74) is 1.17. The van der Waals surface area contributed by atoms with E-state index in [4.69, 9.17) is 18.9 Å². The minimum atomic E-state index is -0.957. The number of nitrogens with zero attached hydrogens (tertiary/aromatic N) is 1. The van der Waals surface area contributed by atoms with Gasteiger partial charge in [-0.25, -0.2) is 0 Å². The van der Waals surface area contributed by atoms with Crippen molar-refractivity contribution in [2.75, 3.05) is 25.7 Å². The molecule has 1 aliphatic heterocycles. The Hall–Kier alpha value is -4.20. The van der Waals surface area contributed by atoms with Gasteiger partial charge in [0, 0.05) is 17.8 Å². The van der Waals surface area contributed by atoms with Gasteiger partial charge in [-0.3, -0.25) is 14.5 Å². The number of hydrogen-bond acceptors (Lipinski definition) is 6. The summed E-state index contributed by atoms with van der Waals surface area (Å²) in [5.74, 6) is 1.38. The van der Waals surface area contributed by atoms with Crippen molar-refractivity contribution in [3.05, 3.63) is 78.4 Å². The van der Waals surface area contributed by atoms with Gasteiger partial charge in [0.25, 0.3) is 5.91 Å². The van der Waals surface area contributed by atoms with Crippen molar-refractivity contribution in [3.63, 3.8) is 0 Å². The van der Waals surface area contributed by atoms with Gasteiger partial charge in [0.15, 0.2) is 23.0 Å². The third-order valence-corrected chi connectivity index (χ3v) is 7.24. The summed E-state index contributed by atoms with van der Waals surface area (Å²) >= 11 is 0. The van der Waals surface area contributed by atoms with E-state index in [2.05, 4.69) is 5.32 Å². The van der Waals surface area contributed by atoms with Crippen molar-refractivity contribution < 1.29 is 28.5 Å². The summed E-state index contributed by atoms with van der Waals surface area (Å²) < 4.78 is 23.0. The van der Waals surface area contributed by atoms with Crippen LogP contribution in [-0.4, -0.2) is 44.8 Å². The van der Waals surface area contributed by atoms with Crippen molar-refractivity contribution in [1.82, 2.24) is 5.32 Å². The molecule has 1 fully saturated rings. The van der Waals surface area contributed by atoms with Crippen LogP contribution in [0.2, 0.25) is 0 Å². The zero-order valence-corrected chi connectivity index (χ0v) is 22.3. The molecule has 0 spiro atoms. The minimum absolute atomic E-state index is 0.0192. The van der Waals surface area contributed by atoms with Crippen LogP contribution < -0.4 is 29.2 Å². The standard InChI is InChI=1S/C31H34N2O6/c1-36-24-18-17-23(19-27(24)37-2)33(31(35)28-20-38-25-15-9-10-16-26(25)39-28)29(21-11-5-3-6-12-21)30(34)32-22-13-7-4-8-14-22/h3,5-6,9-12,15-19,22,28-29H,4,7-8,13-14,20H2,1-2H3,(H,32,34)/t28-,29+/m0/s1. The summed E-state index contributed by atoms with van der Waals surface area (Å²) in [6.45, 7) is 0.0192. The summed E-state index contributed by atoms with van der Waals surface area (Å²) in [5, 5.41) is 3.23. The Morgan fingerprint density at radius 2 is 1.56 bits per heavy atom. The highest BCUT2D eigenvalue weighted by atomic mass is 16.6. The van der Waals surface area contributed by atoms with Crippen LogP contribution in [0.15, 0.2) is 72.8 Å². The van der Waals surface area contributed by atoms with Gasteiger partial charge in [0.1, 0.15) is 12.6 Å². The number of nitrogens with one attached hydrogen (secondary N) is 1. The van der Waals surface area contributed by atoms with E-state index in [9.17, 15) is 9.59 Å². The zero-order chi connectivity index (χ0) is 27.2. The lowest BCUT2D eigenvalue weighted by molar-refractivity contribution is -0.132. The molecule has 5 rings (SSSR count). The van der Waals surface area contributed by atoms with Gasteiger partial charge in [-0.2, -0.15) is 0 Å². The molecule has 1 N–H and O–H groups in total. The first-order valence-corrected chi connectivity index (χ1v) is 13.4. The maximum Gasteiger partial charge on any atom is 0.272 e. The predicted octanol–water partition coefficient (Wildman–Crippen LogP) is 5.07. The van der Waals surface area contributed by atoms with Crippen LogP contribution in [0, 0.1) is 0 Å². The first-order chi connectivity index (χ1) is 19.1. The number of rotatable bonds is 8. The van der Waals surface area contributed by atoms with Crippen LogP contribution in [0.3, 0.4) is 0 Å². The lowest BCUT2D eigenvalue weighted by Crippen LogP contribution is -2.52. The Kier molecular flexibility index (Phi) is 8.20. The minimum Gasteiger partial charge on any atom is -0.493 e. The quantitative estimate of drug-likeness (QED) is 0.438. The Morgan fingerprint density at radius 1 is 0.872 bits per heavy atom. The molecule has 0 radical (unpaired) electrons. The van der Waals surface area contributed by atoms with Gasteiger partial charge in [-0.05, 0) is 42.7 Å². The average molecular weight is 531 g/mol. The lowest BCUT2D eigenvalue weighted by Gasteiger charge is -2.36. The number of amides is 2. The predicted molar refractivity (Wildman–Crippen MR) is 148 cm³/mol. The van der Waals surface area contributed by atoms with Gasteiger partial charge in [-0.15, -0.1) is 0 Å². The summed E-state index contributed by atoms with van der Waals surface area (Å²) in [4.78, 5) is 29.9. The normalized spacial score (nSPS) is 17.5. The molecule has 2 aliphatic rings. The molecule has 1 aliphatic carbocycles. The first kappa shape index (κ1) is 26.4. The molecule has 8 nitrogen and oxygen atoms in total. The molecule has 8 heteroatoms. The van der Waals surface area contributed by atoms with E-state index in [1.54, 1.807) is 37.4 Å². The number of fused-ring (bicyclic) bond motifs is 1. The smallest absolute Gasteiger partial charge is 0.272 e. The highest BCUT2D eigenvalue weighted by Crippen LogP contribution is 2.38. The molecule has 3 aromatic carbocycles. The molecule has 0 aromatic heterocycles. The van der Waals surface area contributed by atoms with Gasteiger partial charge >= 0.3 is 0 Å². The van der Waals surface area contributed by atoms with Crippen LogP contribution in [0.25, 0.3) is 0 Å². The number of carbonyl (C=O) groups excluding carboxylic acids is 2. The fourth-order valence-electron chi connectivity index (χ4n) is 5.25. The van der Waals surface area contributed by atoms with Crippen LogP contribution >= 0.6 is 0 Å². The van der Waals surface area contributed by atoms with Gasteiger partial charge < -0.3 is 24.3 Å². The zero-order valence-electron chi connectivity index (χ0n) is 22.3. The topological polar surface area (TPSA) is 86.3 Å². The molecule has 204 valence electrons. The van der Waals surface area contributed by atoms with Crippen molar-refractivity contribution in [2.45, 2.75) is 50.3 Å². The Bertz CT molecular complexity index is 1290. The summed E-state index contributed by atoms with van der Waals surface area (Å²) in [6, 6.07) is 20.9. The van der Waals surface area contributed by atoms with E-state index in [1.807, 2.05) is 42.5 Å². The summed E-state index contributed by atoms with van der Waals surface area (Å²) in [6.07, 6.45) is 4.21. The first-order valence-electron chi connectivity index (χ1n) is 13.4. The number of carbonyl (C=O) groups is 2. The Balaban J connectivity index is 1.57. The van der Waals surface area contributed by atoms with E-state index in [-0.39, 0.29) is 18.6 Å². The van der Waals surface area contributed by atoms with Gasteiger partial charge in [0.2, 0.25) is 12.0 Å². The molecular formula is C31H34N2O6. The molecule has 1 heterocycles. The van der Waals surface area contributed by atoms with E-state index in [1.165, 1.54) is 18.4 Å². The van der Waals surface area contributed by atoms with Crippen LogP contribution in [0.5, 0.6) is 23.0 Å². The van der Waals surface area contributed by atoms with Crippen LogP contribution in [0.4, 0.5) is 5.69 Å². The fraction of sp³-hybridized carbons (Fsp3) is 0.355. The second kappa shape index (κ2) is 12.1. The largest absolute Gasteiger partial charge is 0.493 e. The lowest BCUT2D eigenvalue weighted by atomic mass is 9.94. The fourth-order valence-corrected chi connectivity index (χ4v) is 5.25. The summed E-state index contributed by atoms with van der Waals surface area (Å²) in [7, 11) is 3.09. The highest BCUT2D eigenvalue weighted by Gasteiger charge is 2.40. The second-order valence-corrected chi connectivity index (χ2v) is 9.77. The highest BCUT2D eigenvalue weighted by molar-refractivity contribution is 6.04.